The predicted octanol–water partition coefficient (Wildman–Crippen LogP) is 0.0286. The molecule has 0 N–H and O–H groups in total. The van der Waals surface area contributed by atoms with Crippen LogP contribution in [0.4, 0.5) is 0 Å². The van der Waals surface area contributed by atoms with E-state index < -0.39 is 0 Å². The Morgan fingerprint density at radius 1 is 1.00 bits per heavy atom. The summed E-state index contributed by atoms with van der Waals surface area (Å²) < 4.78 is 0. The summed E-state index contributed by atoms with van der Waals surface area (Å²) >= 11 is 0. The van der Waals surface area contributed by atoms with Crippen LogP contribution in [-0.2, 0) is 41.9 Å². The summed E-state index contributed by atoms with van der Waals surface area (Å²) in [6, 6.07) is 2.47. The second-order valence-corrected chi connectivity index (χ2v) is 0.224. The molecular formula is C2AuN2Zn. The van der Waals surface area contributed by atoms with E-state index >= 15 is 0 Å². The average Bonchev–Trinajstić information content (AvgIpc) is 1.37. The van der Waals surface area contributed by atoms with Gasteiger partial charge in [-0.05, 0) is 0 Å². The van der Waals surface area contributed by atoms with Crippen LogP contribution in [0, 0.1) is 22.7 Å². The summed E-state index contributed by atoms with van der Waals surface area (Å²) in [5.41, 5.74) is 0. The van der Waals surface area contributed by atoms with Gasteiger partial charge in [-0.25, -0.2) is 0 Å². The molecule has 0 aliphatic heterocycles. The second kappa shape index (κ2) is 18.4. The monoisotopic (exact) mass is 313 g/mol. The standard InChI is InChI=1S/C2N2.Au.Zn/c3-1-2-4;;. The maximum Gasteiger partial charge on any atom is 0.181 e. The van der Waals surface area contributed by atoms with Gasteiger partial charge in [0.05, 0.1) is 0 Å². The molecule has 0 bridgehead atoms. The van der Waals surface area contributed by atoms with Gasteiger partial charge in [-0.1, -0.05) is 0 Å². The zero-order chi connectivity index (χ0) is 3.41. The van der Waals surface area contributed by atoms with Crippen LogP contribution in [0.15, 0.2) is 0 Å². The molecule has 0 aromatic rings. The van der Waals surface area contributed by atoms with Gasteiger partial charge in [-0.3, -0.25) is 0 Å². The first-order chi connectivity index (χ1) is 1.91. The zero-order valence-electron chi connectivity index (χ0n) is 2.90. The number of rotatable bonds is 0. The van der Waals surface area contributed by atoms with Crippen molar-refractivity contribution in [3.05, 3.63) is 0 Å². The van der Waals surface area contributed by atoms with E-state index in [0.29, 0.717) is 0 Å². The number of nitriles is 2. The first-order valence-electron chi connectivity index (χ1n) is 0.697. The van der Waals surface area contributed by atoms with Gasteiger partial charge in [0.15, 0.2) is 12.1 Å². The summed E-state index contributed by atoms with van der Waals surface area (Å²) in [5.74, 6) is 0. The number of hydrogen-bond donors (Lipinski definition) is 0. The van der Waals surface area contributed by atoms with Crippen LogP contribution in [0.2, 0.25) is 0 Å². The Kier molecular flexibility index (Phi) is 49.6. The molecule has 4 heteroatoms. The van der Waals surface area contributed by atoms with E-state index in [9.17, 15) is 0 Å². The first-order valence-corrected chi connectivity index (χ1v) is 0.697. The molecule has 0 fully saturated rings. The van der Waals surface area contributed by atoms with Gasteiger partial charge in [-0.15, -0.1) is 0 Å². The van der Waals surface area contributed by atoms with E-state index in [1.807, 2.05) is 0 Å². The molecule has 0 aliphatic carbocycles. The molecular weight excluding hydrogens is 314 g/mol. The van der Waals surface area contributed by atoms with Crippen molar-refractivity contribution in [1.82, 2.24) is 0 Å². The Morgan fingerprint density at radius 3 is 1.17 bits per heavy atom. The Balaban J connectivity index is -0.0000000450. The van der Waals surface area contributed by atoms with Crippen molar-refractivity contribution in [2.24, 2.45) is 0 Å². The van der Waals surface area contributed by atoms with Crippen molar-refractivity contribution in [3.8, 4) is 12.1 Å². The molecule has 0 atom stereocenters. The van der Waals surface area contributed by atoms with Gasteiger partial charge in [0, 0.05) is 41.9 Å². The molecule has 0 unspecified atom stereocenters. The van der Waals surface area contributed by atoms with E-state index in [2.05, 4.69) is 0 Å². The van der Waals surface area contributed by atoms with Crippen LogP contribution in [0.25, 0.3) is 0 Å². The molecule has 6 heavy (non-hydrogen) atoms. The fourth-order valence-electron chi connectivity index (χ4n) is 0. The quantitative estimate of drug-likeness (QED) is 0.592. The Labute approximate surface area is 64.4 Å². The van der Waals surface area contributed by atoms with E-state index in [-0.39, 0.29) is 41.9 Å². The molecule has 0 aliphatic rings. The molecule has 0 rings (SSSR count). The number of nitrogens with zero attached hydrogens (tertiary/aromatic N) is 2. The van der Waals surface area contributed by atoms with Crippen LogP contribution in [0.3, 0.4) is 0 Å². The average molecular weight is 314 g/mol. The molecule has 2 nitrogen and oxygen atoms in total. The molecule has 0 heterocycles. The molecule has 31 valence electrons. The normalized spacial score (nSPS) is 1.67. The minimum absolute atomic E-state index is 0. The van der Waals surface area contributed by atoms with Crippen LogP contribution in [-0.4, -0.2) is 0 Å². The van der Waals surface area contributed by atoms with E-state index in [1.165, 1.54) is 12.1 Å². The van der Waals surface area contributed by atoms with Crippen LogP contribution >= 0.6 is 0 Å². The minimum Gasteiger partial charge on any atom is -0.181 e. The van der Waals surface area contributed by atoms with Crippen molar-refractivity contribution in [2.45, 2.75) is 0 Å². The van der Waals surface area contributed by atoms with Crippen molar-refractivity contribution in [3.63, 3.8) is 0 Å². The van der Waals surface area contributed by atoms with Crippen LogP contribution < -0.4 is 0 Å². The molecule has 0 aromatic heterocycles. The zero-order valence-corrected chi connectivity index (χ0v) is 8.04. The van der Waals surface area contributed by atoms with Gasteiger partial charge < -0.3 is 0 Å². The summed E-state index contributed by atoms with van der Waals surface area (Å²) in [6.45, 7) is 0. The van der Waals surface area contributed by atoms with Crippen molar-refractivity contribution in [2.75, 3.05) is 0 Å². The van der Waals surface area contributed by atoms with Crippen molar-refractivity contribution in [1.29, 1.82) is 10.5 Å². The second-order valence-electron chi connectivity index (χ2n) is 0.224. The minimum atomic E-state index is 0. The Bertz CT molecular complexity index is 66.5. The molecule has 0 saturated carbocycles. The van der Waals surface area contributed by atoms with Gasteiger partial charge in [-0.2, -0.15) is 10.5 Å². The predicted molar refractivity (Wildman–Crippen MR) is 11.2 cm³/mol. The third-order valence-electron chi connectivity index (χ3n) is 0.0500. The summed E-state index contributed by atoms with van der Waals surface area (Å²) in [7, 11) is 0. The fraction of sp³-hybridized carbons (Fsp3) is 0. The summed E-state index contributed by atoms with van der Waals surface area (Å²) in [5, 5.41) is 14.5. The molecule has 0 saturated heterocycles. The molecule has 0 amide bonds. The topological polar surface area (TPSA) is 47.6 Å². The van der Waals surface area contributed by atoms with Gasteiger partial charge in [0.25, 0.3) is 0 Å². The summed E-state index contributed by atoms with van der Waals surface area (Å²) in [6.07, 6.45) is 0. The third kappa shape index (κ3) is 26.9. The third-order valence-corrected chi connectivity index (χ3v) is 0.0500. The van der Waals surface area contributed by atoms with Gasteiger partial charge in [0.2, 0.25) is 0 Å². The van der Waals surface area contributed by atoms with Gasteiger partial charge in [0.1, 0.15) is 0 Å². The smallest absolute Gasteiger partial charge is 0.181 e. The van der Waals surface area contributed by atoms with E-state index in [0.717, 1.165) is 0 Å². The maximum atomic E-state index is 7.26. The summed E-state index contributed by atoms with van der Waals surface area (Å²) in [4.78, 5) is 0. The molecule has 1 radical (unpaired) electrons. The van der Waals surface area contributed by atoms with Crippen molar-refractivity contribution >= 4 is 0 Å². The van der Waals surface area contributed by atoms with Crippen LogP contribution in [0.1, 0.15) is 0 Å². The maximum absolute atomic E-state index is 7.26. The van der Waals surface area contributed by atoms with Crippen LogP contribution in [0.5, 0.6) is 0 Å². The van der Waals surface area contributed by atoms with E-state index in [4.69, 9.17) is 10.5 Å². The number of hydrogen-bond acceptors (Lipinski definition) is 2. The fourth-order valence-corrected chi connectivity index (χ4v) is 0. The van der Waals surface area contributed by atoms with Gasteiger partial charge >= 0.3 is 0 Å². The Hall–Kier alpha value is 0.344. The largest absolute Gasteiger partial charge is 0.181 e. The Morgan fingerprint density at radius 2 is 1.17 bits per heavy atom. The molecule has 0 aromatic carbocycles. The van der Waals surface area contributed by atoms with Crippen molar-refractivity contribution < 1.29 is 41.9 Å². The van der Waals surface area contributed by atoms with E-state index in [1.54, 1.807) is 0 Å². The molecule has 0 spiro atoms. The SMILES string of the molecule is N#CC#N.[Au].[Zn]. The first kappa shape index (κ1) is 16.2.